The van der Waals surface area contributed by atoms with Gasteiger partial charge in [-0.2, -0.15) is 0 Å². The molecule has 5 nitrogen and oxygen atoms in total. The van der Waals surface area contributed by atoms with Gasteiger partial charge in [-0.05, 0) is 25.5 Å². The first kappa shape index (κ1) is 13.9. The lowest BCUT2D eigenvalue weighted by molar-refractivity contribution is -0.134. The number of H-pyrrole nitrogens is 1. The molecule has 0 atom stereocenters. The number of aromatic amines is 1. The van der Waals surface area contributed by atoms with Crippen molar-refractivity contribution < 1.29 is 14.7 Å². The molecule has 0 unspecified atom stereocenters. The highest BCUT2D eigenvalue weighted by Gasteiger charge is 2.16. The number of nitrogens with zero attached hydrogens (tertiary/aromatic N) is 1. The van der Waals surface area contributed by atoms with Gasteiger partial charge in [0.25, 0.3) is 0 Å². The molecule has 0 aliphatic heterocycles. The van der Waals surface area contributed by atoms with Gasteiger partial charge in [0.2, 0.25) is 0 Å². The summed E-state index contributed by atoms with van der Waals surface area (Å²) >= 11 is 0. The molecule has 1 aromatic carbocycles. The number of fused-ring (bicyclic) bond motifs is 1. The van der Waals surface area contributed by atoms with Crippen molar-refractivity contribution in [3.8, 4) is 0 Å². The molecule has 1 aromatic heterocycles. The molecule has 0 radical (unpaired) electrons. The predicted octanol–water partition coefficient (Wildman–Crippen LogP) is 2.94. The van der Waals surface area contributed by atoms with E-state index in [1.807, 2.05) is 24.3 Å². The number of nitrogens with one attached hydrogen (secondary N) is 1. The van der Waals surface area contributed by atoms with Crippen LogP contribution in [-0.2, 0) is 9.53 Å². The molecule has 0 fully saturated rings. The predicted molar refractivity (Wildman–Crippen MR) is 78.0 cm³/mol. The van der Waals surface area contributed by atoms with Crippen molar-refractivity contribution in [3.05, 3.63) is 41.6 Å². The summed E-state index contributed by atoms with van der Waals surface area (Å²) in [5.41, 5.74) is 3.63. The average molecular weight is 272 g/mol. The second kappa shape index (κ2) is 5.61. The number of oxime groups is 1. The summed E-state index contributed by atoms with van der Waals surface area (Å²) in [6.07, 6.45) is 1.40. The second-order valence-corrected chi connectivity index (χ2v) is 4.46. The fourth-order valence-corrected chi connectivity index (χ4v) is 2.17. The van der Waals surface area contributed by atoms with E-state index in [1.165, 1.54) is 13.2 Å². The summed E-state index contributed by atoms with van der Waals surface area (Å²) in [5.74, 6) is -0.425. The minimum atomic E-state index is -0.425. The highest BCUT2D eigenvalue weighted by molar-refractivity contribution is 6.13. The fraction of sp³-hybridized carbons (Fsp3) is 0.200. The molecule has 2 aromatic rings. The Morgan fingerprint density at radius 2 is 2.05 bits per heavy atom. The standard InChI is InChI=1S/C15H16N2O3/c1-9(8-13(18)20-3)15-14(10(2)17-19)11-6-4-5-7-12(11)16-15/h4-8,16,19H,1-3H3/b9-8+,17-10+. The van der Waals surface area contributed by atoms with Crippen molar-refractivity contribution in [2.24, 2.45) is 5.16 Å². The van der Waals surface area contributed by atoms with Crippen LogP contribution in [0, 0.1) is 0 Å². The number of methoxy groups -OCH3 is 1. The molecule has 104 valence electrons. The molecule has 0 saturated heterocycles. The van der Waals surface area contributed by atoms with Crippen molar-refractivity contribution in [1.29, 1.82) is 0 Å². The maximum absolute atomic E-state index is 11.4. The molecule has 0 aliphatic carbocycles. The zero-order valence-electron chi connectivity index (χ0n) is 11.6. The summed E-state index contributed by atoms with van der Waals surface area (Å²) in [6.45, 7) is 3.51. The van der Waals surface area contributed by atoms with Gasteiger partial charge in [0, 0.05) is 22.5 Å². The first-order valence-corrected chi connectivity index (χ1v) is 6.14. The van der Waals surface area contributed by atoms with Crippen LogP contribution in [0.4, 0.5) is 0 Å². The molecule has 0 bridgehead atoms. The van der Waals surface area contributed by atoms with Gasteiger partial charge >= 0.3 is 5.97 Å². The van der Waals surface area contributed by atoms with Crippen LogP contribution in [0.25, 0.3) is 16.5 Å². The van der Waals surface area contributed by atoms with Crippen molar-refractivity contribution >= 4 is 28.2 Å². The number of carbonyl (C=O) groups is 1. The first-order valence-electron chi connectivity index (χ1n) is 6.14. The third-order valence-electron chi connectivity index (χ3n) is 3.15. The van der Waals surface area contributed by atoms with Gasteiger partial charge in [-0.25, -0.2) is 4.79 Å². The number of hydrogen-bond donors (Lipinski definition) is 2. The van der Waals surface area contributed by atoms with Crippen LogP contribution in [0.3, 0.4) is 0 Å². The number of carbonyl (C=O) groups excluding carboxylic acids is 1. The van der Waals surface area contributed by atoms with Gasteiger partial charge in [0.1, 0.15) is 0 Å². The number of esters is 1. The quantitative estimate of drug-likeness (QED) is 0.296. The van der Waals surface area contributed by atoms with E-state index < -0.39 is 5.97 Å². The van der Waals surface area contributed by atoms with Crippen LogP contribution in [-0.4, -0.2) is 29.0 Å². The first-order chi connectivity index (χ1) is 9.58. The highest BCUT2D eigenvalue weighted by Crippen LogP contribution is 2.28. The van der Waals surface area contributed by atoms with Crippen LogP contribution < -0.4 is 0 Å². The fourth-order valence-electron chi connectivity index (χ4n) is 2.17. The van der Waals surface area contributed by atoms with Crippen LogP contribution in [0.2, 0.25) is 0 Å². The summed E-state index contributed by atoms with van der Waals surface area (Å²) in [5, 5.41) is 13.3. The largest absolute Gasteiger partial charge is 0.466 e. The number of aromatic nitrogens is 1. The number of ether oxygens (including phenoxy) is 1. The van der Waals surface area contributed by atoms with E-state index in [1.54, 1.807) is 13.8 Å². The Labute approximate surface area is 116 Å². The van der Waals surface area contributed by atoms with E-state index in [4.69, 9.17) is 5.21 Å². The monoisotopic (exact) mass is 272 g/mol. The van der Waals surface area contributed by atoms with Crippen LogP contribution in [0.1, 0.15) is 25.1 Å². The van der Waals surface area contributed by atoms with Gasteiger partial charge in [0.05, 0.1) is 18.5 Å². The lowest BCUT2D eigenvalue weighted by Gasteiger charge is -2.03. The van der Waals surface area contributed by atoms with E-state index in [0.717, 1.165) is 22.2 Å². The smallest absolute Gasteiger partial charge is 0.330 e. The van der Waals surface area contributed by atoms with E-state index in [0.29, 0.717) is 11.3 Å². The maximum atomic E-state index is 11.4. The van der Waals surface area contributed by atoms with Gasteiger partial charge in [-0.3, -0.25) is 0 Å². The molecule has 1 heterocycles. The van der Waals surface area contributed by atoms with Gasteiger partial charge in [0.15, 0.2) is 0 Å². The third kappa shape index (κ3) is 2.42. The van der Waals surface area contributed by atoms with Crippen LogP contribution >= 0.6 is 0 Å². The molecular formula is C15H16N2O3. The van der Waals surface area contributed by atoms with Crippen molar-refractivity contribution in [3.63, 3.8) is 0 Å². The minimum Gasteiger partial charge on any atom is -0.466 e. The number of allylic oxidation sites excluding steroid dienone is 1. The van der Waals surface area contributed by atoms with E-state index in [2.05, 4.69) is 14.9 Å². The Morgan fingerprint density at radius 3 is 2.70 bits per heavy atom. The second-order valence-electron chi connectivity index (χ2n) is 4.46. The van der Waals surface area contributed by atoms with E-state index in [9.17, 15) is 4.79 Å². The lowest BCUT2D eigenvalue weighted by Crippen LogP contribution is -2.00. The van der Waals surface area contributed by atoms with Crippen molar-refractivity contribution in [2.45, 2.75) is 13.8 Å². The molecular weight excluding hydrogens is 256 g/mol. The number of hydrogen-bond acceptors (Lipinski definition) is 4. The zero-order chi connectivity index (χ0) is 14.7. The summed E-state index contributed by atoms with van der Waals surface area (Å²) in [7, 11) is 1.33. The van der Waals surface area contributed by atoms with E-state index >= 15 is 0 Å². The summed E-state index contributed by atoms with van der Waals surface area (Å²) < 4.78 is 4.63. The lowest BCUT2D eigenvalue weighted by atomic mass is 10.0. The highest BCUT2D eigenvalue weighted by atomic mass is 16.5. The average Bonchev–Trinajstić information content (AvgIpc) is 2.85. The van der Waals surface area contributed by atoms with Crippen molar-refractivity contribution in [2.75, 3.05) is 7.11 Å². The summed E-state index contributed by atoms with van der Waals surface area (Å²) in [6, 6.07) is 7.69. The SMILES string of the molecule is COC(=O)/C=C(\C)c1[nH]c2ccccc2c1/C(C)=N/O. The molecule has 0 saturated carbocycles. The molecule has 2 N–H and O–H groups in total. The van der Waals surface area contributed by atoms with Crippen LogP contribution in [0.5, 0.6) is 0 Å². The molecule has 5 heteroatoms. The Kier molecular flexibility index (Phi) is 3.89. The number of rotatable bonds is 3. The van der Waals surface area contributed by atoms with Crippen molar-refractivity contribution in [1.82, 2.24) is 4.98 Å². The number of para-hydroxylation sites is 1. The molecule has 0 spiro atoms. The van der Waals surface area contributed by atoms with E-state index in [-0.39, 0.29) is 0 Å². The Morgan fingerprint density at radius 1 is 1.35 bits per heavy atom. The molecule has 0 amide bonds. The topological polar surface area (TPSA) is 74.7 Å². The molecule has 20 heavy (non-hydrogen) atoms. The Hall–Kier alpha value is -2.56. The Bertz CT molecular complexity index is 711. The zero-order valence-corrected chi connectivity index (χ0v) is 11.6. The normalized spacial score (nSPS) is 12.8. The minimum absolute atomic E-state index is 0.425. The molecule has 2 rings (SSSR count). The third-order valence-corrected chi connectivity index (χ3v) is 3.15. The Balaban J connectivity index is 2.69. The maximum Gasteiger partial charge on any atom is 0.330 e. The van der Waals surface area contributed by atoms with Gasteiger partial charge < -0.3 is 14.9 Å². The molecule has 0 aliphatic rings. The number of benzene rings is 1. The van der Waals surface area contributed by atoms with Gasteiger partial charge in [-0.15, -0.1) is 0 Å². The van der Waals surface area contributed by atoms with Crippen LogP contribution in [0.15, 0.2) is 35.5 Å². The van der Waals surface area contributed by atoms with Gasteiger partial charge in [-0.1, -0.05) is 23.4 Å². The summed E-state index contributed by atoms with van der Waals surface area (Å²) in [4.78, 5) is 14.6.